The van der Waals surface area contributed by atoms with Gasteiger partial charge in [0.2, 0.25) is 11.1 Å². The van der Waals surface area contributed by atoms with Gasteiger partial charge < -0.3 is 15.0 Å². The molecule has 2 bridgehead atoms. The van der Waals surface area contributed by atoms with Crippen LogP contribution >= 0.6 is 11.5 Å². The molecule has 0 aromatic carbocycles. The first kappa shape index (κ1) is 25.9. The molecule has 7 heterocycles. The fourth-order valence-electron chi connectivity index (χ4n) is 4.82. The molecule has 2 N–H and O–H groups in total. The molecule has 0 aliphatic carbocycles. The third-order valence-electron chi connectivity index (χ3n) is 6.74. The molecule has 4 aromatic heterocycles. The van der Waals surface area contributed by atoms with Gasteiger partial charge in [-0.2, -0.15) is 9.36 Å². The molecule has 4 aromatic rings. The maximum atomic E-state index is 14.0. The van der Waals surface area contributed by atoms with Crippen molar-refractivity contribution in [3.63, 3.8) is 0 Å². The van der Waals surface area contributed by atoms with E-state index in [9.17, 15) is 22.8 Å². The minimum Gasteiger partial charge on any atom is -0.494 e. The maximum absolute atomic E-state index is 14.0. The number of anilines is 2. The number of alkyl halides is 2. The number of pyridine rings is 3. The highest BCUT2D eigenvalue weighted by Crippen LogP contribution is 2.36. The first-order valence-electron chi connectivity index (χ1n) is 12.2. The van der Waals surface area contributed by atoms with Crippen molar-refractivity contribution in [2.45, 2.75) is 24.9 Å². The Hall–Kier alpha value is -4.37. The fourth-order valence-corrected chi connectivity index (χ4v) is 5.40. The Bertz CT molecular complexity index is 1650. The molecule has 0 radical (unpaired) electrons. The number of carbonyl (C=O) groups is 1. The lowest BCUT2D eigenvalue weighted by Gasteiger charge is -2.47. The molecule has 2 unspecified atom stereocenters. The summed E-state index contributed by atoms with van der Waals surface area (Å²) in [4.78, 5) is 40.3. The van der Waals surface area contributed by atoms with E-state index in [0.717, 1.165) is 53.9 Å². The van der Waals surface area contributed by atoms with Gasteiger partial charge >= 0.3 is 0 Å². The normalized spacial score (nSPS) is 18.0. The Morgan fingerprint density at radius 1 is 1.20 bits per heavy atom. The molecule has 2 atom stereocenters. The van der Waals surface area contributed by atoms with Crippen molar-refractivity contribution < 1.29 is 22.7 Å². The van der Waals surface area contributed by atoms with Crippen LogP contribution in [0.25, 0.3) is 16.9 Å². The maximum Gasteiger partial charge on any atom is 0.292 e. The van der Waals surface area contributed by atoms with Gasteiger partial charge in [0.15, 0.2) is 5.82 Å². The number of carbonyl (C=O) groups excluding carboxylic acids is 1. The van der Waals surface area contributed by atoms with Crippen LogP contribution in [0, 0.1) is 5.82 Å². The van der Waals surface area contributed by atoms with E-state index in [4.69, 9.17) is 4.74 Å². The average molecular weight is 571 g/mol. The van der Waals surface area contributed by atoms with E-state index in [-0.39, 0.29) is 33.4 Å². The number of methoxy groups -OCH3 is 1. The van der Waals surface area contributed by atoms with Crippen LogP contribution < -0.4 is 25.8 Å². The second kappa shape index (κ2) is 10.3. The number of aromatic nitrogens is 5. The summed E-state index contributed by atoms with van der Waals surface area (Å²) in [6, 6.07) is 5.52. The molecule has 3 fully saturated rings. The summed E-state index contributed by atoms with van der Waals surface area (Å²) in [5.41, 5.74) is -1.35. The highest BCUT2D eigenvalue weighted by molar-refractivity contribution is 7.10. The first-order valence-corrected chi connectivity index (χ1v) is 12.9. The van der Waals surface area contributed by atoms with Crippen molar-refractivity contribution in [3.05, 3.63) is 70.3 Å². The van der Waals surface area contributed by atoms with Crippen LogP contribution in [-0.2, 0) is 0 Å². The van der Waals surface area contributed by atoms with E-state index in [1.807, 2.05) is 4.90 Å². The molecule has 3 aliphatic rings. The Labute approximate surface area is 228 Å². The number of rotatable bonds is 7. The molecule has 3 saturated heterocycles. The SMILES string of the molecule is COc1cnc(C(F)F)cc1-c1cc(-n2cccc(F)c2=O)ncc1C(=O)Nc1nc(N2CC3CC(C2)N3)ns1. The summed E-state index contributed by atoms with van der Waals surface area (Å²) in [6.45, 7) is 1.54. The number of ether oxygens (including phenoxy) is 1. The van der Waals surface area contributed by atoms with Crippen molar-refractivity contribution in [2.75, 3.05) is 30.4 Å². The molecule has 0 saturated carbocycles. The molecule has 15 heteroatoms. The van der Waals surface area contributed by atoms with Gasteiger partial charge in [-0.3, -0.25) is 24.5 Å². The quantitative estimate of drug-likeness (QED) is 0.345. The third-order valence-corrected chi connectivity index (χ3v) is 7.37. The average Bonchev–Trinajstić information content (AvgIpc) is 3.42. The molecule has 3 aliphatic heterocycles. The highest BCUT2D eigenvalue weighted by Gasteiger charge is 2.37. The van der Waals surface area contributed by atoms with Crippen LogP contribution in [0.1, 0.15) is 28.9 Å². The Balaban J connectivity index is 1.39. The monoisotopic (exact) mass is 570 g/mol. The van der Waals surface area contributed by atoms with Crippen LogP contribution in [0.15, 0.2) is 47.7 Å². The van der Waals surface area contributed by atoms with Gasteiger partial charge in [0.25, 0.3) is 17.9 Å². The summed E-state index contributed by atoms with van der Waals surface area (Å²) < 4.78 is 51.8. The molecule has 1 amide bonds. The van der Waals surface area contributed by atoms with Crippen molar-refractivity contribution in [1.29, 1.82) is 0 Å². The highest BCUT2D eigenvalue weighted by atomic mass is 32.1. The van der Waals surface area contributed by atoms with Gasteiger partial charge in [0, 0.05) is 60.2 Å². The van der Waals surface area contributed by atoms with E-state index in [2.05, 4.69) is 30.0 Å². The van der Waals surface area contributed by atoms with Gasteiger partial charge in [0.05, 0.1) is 18.9 Å². The Morgan fingerprint density at radius 2 is 1.98 bits per heavy atom. The number of nitrogens with one attached hydrogen (secondary N) is 2. The molecule has 11 nitrogen and oxygen atoms in total. The van der Waals surface area contributed by atoms with Gasteiger partial charge in [0.1, 0.15) is 17.3 Å². The predicted octanol–water partition coefficient (Wildman–Crippen LogP) is 3.03. The van der Waals surface area contributed by atoms with Crippen LogP contribution in [0.2, 0.25) is 0 Å². The summed E-state index contributed by atoms with van der Waals surface area (Å²) in [5.74, 6) is -1.10. The lowest BCUT2D eigenvalue weighted by atomic mass is 9.92. The van der Waals surface area contributed by atoms with E-state index in [1.165, 1.54) is 31.6 Å². The van der Waals surface area contributed by atoms with E-state index < -0.39 is 29.4 Å². The Morgan fingerprint density at radius 3 is 2.70 bits per heavy atom. The lowest BCUT2D eigenvalue weighted by Crippen LogP contribution is -2.67. The van der Waals surface area contributed by atoms with Crippen LogP contribution in [0.5, 0.6) is 5.75 Å². The molecule has 0 spiro atoms. The second-order valence-corrected chi connectivity index (χ2v) is 10.0. The second-order valence-electron chi connectivity index (χ2n) is 9.28. The van der Waals surface area contributed by atoms with E-state index >= 15 is 0 Å². The minimum absolute atomic E-state index is 0.0296. The number of hydrogen-bond acceptors (Lipinski definition) is 10. The van der Waals surface area contributed by atoms with Crippen molar-refractivity contribution in [3.8, 4) is 22.7 Å². The number of halogens is 3. The van der Waals surface area contributed by atoms with Gasteiger partial charge in [-0.25, -0.2) is 18.2 Å². The zero-order valence-corrected chi connectivity index (χ0v) is 21.7. The summed E-state index contributed by atoms with van der Waals surface area (Å²) in [5, 5.41) is 6.36. The van der Waals surface area contributed by atoms with Crippen LogP contribution in [0.4, 0.5) is 24.3 Å². The molecule has 7 rings (SSSR count). The van der Waals surface area contributed by atoms with E-state index in [1.54, 1.807) is 0 Å². The van der Waals surface area contributed by atoms with E-state index in [0.29, 0.717) is 18.0 Å². The molecular weight excluding hydrogens is 549 g/mol. The molecular formula is C25H21F3N8O3S. The number of fused-ring (bicyclic) bond motifs is 2. The van der Waals surface area contributed by atoms with Crippen molar-refractivity contribution >= 4 is 28.5 Å². The van der Waals surface area contributed by atoms with Crippen molar-refractivity contribution in [2.24, 2.45) is 0 Å². The zero-order valence-electron chi connectivity index (χ0n) is 20.8. The Kier molecular flexibility index (Phi) is 6.67. The van der Waals surface area contributed by atoms with Gasteiger partial charge in [-0.15, -0.1) is 0 Å². The summed E-state index contributed by atoms with van der Waals surface area (Å²) >= 11 is 1.01. The smallest absolute Gasteiger partial charge is 0.292 e. The number of amides is 1. The lowest BCUT2D eigenvalue weighted by molar-refractivity contribution is 0.102. The van der Waals surface area contributed by atoms with Gasteiger partial charge in [-0.1, -0.05) is 0 Å². The summed E-state index contributed by atoms with van der Waals surface area (Å²) in [7, 11) is 1.32. The topological polar surface area (TPSA) is 127 Å². The number of piperazine rings is 1. The summed E-state index contributed by atoms with van der Waals surface area (Å²) in [6.07, 6.45) is 1.80. The van der Waals surface area contributed by atoms with Crippen LogP contribution in [-0.4, -0.2) is 62.1 Å². The standard InChI is InChI=1S/C25H21F3N8O3S/c1-39-19-9-29-18(21(27)28)6-15(19)14-7-20(36-4-2-3-17(26)23(36)38)30-8-16(14)22(37)32-25-33-24(34-40-25)35-10-12-5-13(11-35)31-12/h2-4,6-9,12-13,21,31H,5,10-11H2,1H3,(H,32,33,34,37). The first-order chi connectivity index (χ1) is 19.3. The molecule has 206 valence electrons. The largest absolute Gasteiger partial charge is 0.494 e. The fraction of sp³-hybridized carbons (Fsp3) is 0.280. The minimum atomic E-state index is -2.90. The van der Waals surface area contributed by atoms with Crippen LogP contribution in [0.3, 0.4) is 0 Å². The number of hydrogen-bond donors (Lipinski definition) is 2. The zero-order chi connectivity index (χ0) is 28.0. The molecule has 40 heavy (non-hydrogen) atoms. The van der Waals surface area contributed by atoms with Gasteiger partial charge in [-0.05, 0) is 30.7 Å². The number of piperidine rings is 1. The number of nitrogens with zero attached hydrogens (tertiary/aromatic N) is 6. The van der Waals surface area contributed by atoms with Crippen molar-refractivity contribution in [1.82, 2.24) is 29.2 Å². The third kappa shape index (κ3) is 4.77. The predicted molar refractivity (Wildman–Crippen MR) is 140 cm³/mol.